The monoisotopic (exact) mass is 336 g/mol. The molecule has 3 aliphatic rings. The zero-order valence-corrected chi connectivity index (χ0v) is 8.20. The maximum atomic E-state index is 11.7. The van der Waals surface area contributed by atoms with Crippen LogP contribution in [0, 0.1) is 10.8 Å². The molecule has 0 aromatic rings. The van der Waals surface area contributed by atoms with E-state index in [0.29, 0.717) is 0 Å². The van der Waals surface area contributed by atoms with Crippen molar-refractivity contribution in [3.63, 3.8) is 0 Å². The number of fused-ring (bicyclic) bond motifs is 5. The van der Waals surface area contributed by atoms with Gasteiger partial charge in [-0.25, -0.2) is 0 Å². The fourth-order valence-electron chi connectivity index (χ4n) is 3.14. The van der Waals surface area contributed by atoms with Crippen molar-refractivity contribution >= 4 is 60.8 Å². The fourth-order valence-corrected chi connectivity index (χ4v) is 3.14. The summed E-state index contributed by atoms with van der Waals surface area (Å²) in [7, 11) is 0. The van der Waals surface area contributed by atoms with Crippen molar-refractivity contribution in [2.75, 3.05) is 0 Å². The normalized spacial score (nSPS) is 51.3. The van der Waals surface area contributed by atoms with Crippen molar-refractivity contribution in [3.05, 3.63) is 0 Å². The van der Waals surface area contributed by atoms with E-state index in [2.05, 4.69) is 0 Å². The molecule has 3 saturated heterocycles. The zero-order valence-electron chi connectivity index (χ0n) is 8.20. The van der Waals surface area contributed by atoms with Crippen LogP contribution in [0.1, 0.15) is 26.7 Å². The van der Waals surface area contributed by atoms with Crippen molar-refractivity contribution in [1.82, 2.24) is 0 Å². The first-order valence-corrected chi connectivity index (χ1v) is 4.93. The molecule has 3 aliphatic heterocycles. The molecule has 5 heteroatoms. The van der Waals surface area contributed by atoms with Crippen LogP contribution >= 0.6 is 0 Å². The summed E-state index contributed by atoms with van der Waals surface area (Å²) < 4.78 is 10.4. The predicted molar refractivity (Wildman–Crippen MR) is 53.8 cm³/mol. The van der Waals surface area contributed by atoms with Crippen molar-refractivity contribution in [2.45, 2.75) is 38.9 Å². The van der Waals surface area contributed by atoms with E-state index in [4.69, 9.17) is 9.47 Å². The van der Waals surface area contributed by atoms with Crippen LogP contribution in [0.2, 0.25) is 0 Å². The Hall–Kier alpha value is 0.671. The molecule has 3 heterocycles. The average Bonchev–Trinajstić information content (AvgIpc) is 2.73. The minimum atomic E-state index is -0.743. The maximum absolute atomic E-state index is 11.7. The second kappa shape index (κ2) is 3.34. The molecule has 3 fully saturated rings. The molecule has 0 aromatic carbocycles. The number of rotatable bonds is 0. The van der Waals surface area contributed by atoms with Crippen LogP contribution < -0.4 is 0 Å². The Morgan fingerprint density at radius 1 is 1.07 bits per heavy atom. The summed E-state index contributed by atoms with van der Waals surface area (Å²) in [5, 5.41) is 0. The van der Waals surface area contributed by atoms with Gasteiger partial charge in [-0.05, 0) is 26.7 Å². The summed E-state index contributed by atoms with van der Waals surface area (Å²) in [6, 6.07) is 0. The summed E-state index contributed by atoms with van der Waals surface area (Å²) >= 11 is 0. The van der Waals surface area contributed by atoms with Crippen LogP contribution in [0.3, 0.4) is 0 Å². The van der Waals surface area contributed by atoms with Gasteiger partial charge in [-0.15, -0.1) is 0 Å². The molecule has 0 N–H and O–H groups in total. The van der Waals surface area contributed by atoms with Crippen molar-refractivity contribution < 1.29 is 19.1 Å². The molecular formula is C10H14BaO4. The molecule has 80 valence electrons. The summed E-state index contributed by atoms with van der Waals surface area (Å²) in [5.41, 5.74) is -1.49. The molecule has 0 radical (unpaired) electrons. The molecule has 4 atom stereocenters. The average molecular weight is 336 g/mol. The fraction of sp³-hybridized carbons (Fsp3) is 0.800. The van der Waals surface area contributed by atoms with E-state index in [1.165, 1.54) is 0 Å². The van der Waals surface area contributed by atoms with Gasteiger partial charge in [0.1, 0.15) is 10.8 Å². The number of hydrogen-bond donors (Lipinski definition) is 0. The Kier molecular flexibility index (Phi) is 2.70. The first-order chi connectivity index (χ1) is 6.51. The first-order valence-electron chi connectivity index (χ1n) is 4.93. The third kappa shape index (κ3) is 1.08. The Balaban J connectivity index is 0.000000853. The molecule has 0 unspecified atom stereocenters. The van der Waals surface area contributed by atoms with Crippen LogP contribution in [0.4, 0.5) is 0 Å². The predicted octanol–water partition coefficient (Wildman–Crippen LogP) is -0.273. The SMILES string of the molecule is C[C@@]12C(=O)OC(=O)[C@]1(C)[C@H]1CC[C@@H]2O1.[BaH2]. The van der Waals surface area contributed by atoms with Gasteiger partial charge in [0, 0.05) is 0 Å². The second-order valence-corrected chi connectivity index (χ2v) is 4.77. The van der Waals surface area contributed by atoms with Crippen molar-refractivity contribution in [1.29, 1.82) is 0 Å². The van der Waals surface area contributed by atoms with Gasteiger partial charge < -0.3 is 9.47 Å². The van der Waals surface area contributed by atoms with Gasteiger partial charge in [-0.2, -0.15) is 0 Å². The molecular weight excluding hydrogens is 321 g/mol. The van der Waals surface area contributed by atoms with Crippen LogP contribution in [0.5, 0.6) is 0 Å². The van der Waals surface area contributed by atoms with E-state index in [1.54, 1.807) is 13.8 Å². The topological polar surface area (TPSA) is 52.6 Å². The Morgan fingerprint density at radius 2 is 1.47 bits per heavy atom. The van der Waals surface area contributed by atoms with E-state index < -0.39 is 22.8 Å². The molecule has 0 aromatic heterocycles. The molecule has 0 amide bonds. The van der Waals surface area contributed by atoms with Crippen molar-refractivity contribution in [2.24, 2.45) is 10.8 Å². The number of ether oxygens (including phenoxy) is 2. The molecule has 0 aliphatic carbocycles. The third-order valence-corrected chi connectivity index (χ3v) is 4.42. The van der Waals surface area contributed by atoms with Crippen LogP contribution in [-0.2, 0) is 19.1 Å². The number of esters is 2. The van der Waals surface area contributed by atoms with Crippen LogP contribution in [0.25, 0.3) is 0 Å². The van der Waals surface area contributed by atoms with E-state index in [-0.39, 0.29) is 61.1 Å². The molecule has 15 heavy (non-hydrogen) atoms. The molecule has 3 rings (SSSR count). The van der Waals surface area contributed by atoms with E-state index in [1.807, 2.05) is 0 Å². The van der Waals surface area contributed by atoms with Crippen LogP contribution in [-0.4, -0.2) is 73.0 Å². The van der Waals surface area contributed by atoms with Gasteiger partial charge in [0.25, 0.3) is 0 Å². The number of cyclic esters (lactones) is 2. The van der Waals surface area contributed by atoms with Gasteiger partial charge in [0.05, 0.1) is 12.2 Å². The summed E-state index contributed by atoms with van der Waals surface area (Å²) in [4.78, 5) is 23.3. The summed E-state index contributed by atoms with van der Waals surface area (Å²) in [6.45, 7) is 3.59. The van der Waals surface area contributed by atoms with Gasteiger partial charge in [0.15, 0.2) is 0 Å². The zero-order chi connectivity index (χ0) is 10.1. The Bertz CT molecular complexity index is 323. The number of carbonyl (C=O) groups is 2. The summed E-state index contributed by atoms with van der Waals surface area (Å²) in [5.74, 6) is -0.811. The first kappa shape index (κ1) is 12.1. The quantitative estimate of drug-likeness (QED) is 0.347. The molecule has 4 nitrogen and oxygen atoms in total. The standard InChI is InChI=1S/C10H12O4.Ba.2H/c1-9-5-3-4-6(13-5)10(9,2)8(12)14-7(9)11;;;/h5-6H,3-4H2,1-2H3;;;/t5-,6+,9+,10-;;;. The Morgan fingerprint density at radius 3 is 1.87 bits per heavy atom. The van der Waals surface area contributed by atoms with Gasteiger partial charge in [-0.1, -0.05) is 0 Å². The number of carbonyl (C=O) groups excluding carboxylic acids is 2. The van der Waals surface area contributed by atoms with Gasteiger partial charge in [0.2, 0.25) is 0 Å². The molecule has 0 saturated carbocycles. The van der Waals surface area contributed by atoms with E-state index in [0.717, 1.165) is 12.8 Å². The van der Waals surface area contributed by atoms with Gasteiger partial charge >= 0.3 is 60.8 Å². The third-order valence-electron chi connectivity index (χ3n) is 4.42. The minimum absolute atomic E-state index is 0. The van der Waals surface area contributed by atoms with E-state index in [9.17, 15) is 9.59 Å². The molecule has 2 bridgehead atoms. The van der Waals surface area contributed by atoms with Crippen molar-refractivity contribution in [3.8, 4) is 0 Å². The Labute approximate surface area is 128 Å². The number of hydrogen-bond acceptors (Lipinski definition) is 4. The summed E-state index contributed by atoms with van der Waals surface area (Å²) in [6.07, 6.45) is 1.46. The van der Waals surface area contributed by atoms with Gasteiger partial charge in [-0.3, -0.25) is 9.59 Å². The van der Waals surface area contributed by atoms with Crippen LogP contribution in [0.15, 0.2) is 0 Å². The second-order valence-electron chi connectivity index (χ2n) is 4.77. The van der Waals surface area contributed by atoms with E-state index >= 15 is 0 Å². The molecule has 0 spiro atoms.